The number of rotatable bonds is 6. The van der Waals surface area contributed by atoms with Crippen LogP contribution in [0.1, 0.15) is 13.8 Å². The average molecular weight is 308 g/mol. The molecule has 0 saturated heterocycles. The fraction of sp³-hybridized carbons (Fsp3) is 0.500. The van der Waals surface area contributed by atoms with E-state index in [1.165, 1.54) is 6.07 Å². The van der Waals surface area contributed by atoms with E-state index >= 15 is 0 Å². The van der Waals surface area contributed by atoms with Gasteiger partial charge in [-0.2, -0.15) is 0 Å². The highest BCUT2D eigenvalue weighted by molar-refractivity contribution is 9.10. The number of benzene rings is 1. The van der Waals surface area contributed by atoms with Gasteiger partial charge in [0.15, 0.2) is 11.6 Å². The Labute approximate surface area is 108 Å². The maximum absolute atomic E-state index is 13.4. The molecule has 1 N–H and O–H groups in total. The van der Waals surface area contributed by atoms with Crippen LogP contribution in [0.25, 0.3) is 0 Å². The molecule has 1 aromatic carbocycles. The van der Waals surface area contributed by atoms with Crippen molar-refractivity contribution >= 4 is 15.9 Å². The van der Waals surface area contributed by atoms with Gasteiger partial charge in [-0.15, -0.1) is 0 Å². The first-order valence-electron chi connectivity index (χ1n) is 5.52. The van der Waals surface area contributed by atoms with E-state index in [4.69, 9.17) is 4.74 Å². The summed E-state index contributed by atoms with van der Waals surface area (Å²) < 4.78 is 31.9. The molecule has 1 unspecified atom stereocenters. The molecule has 0 fully saturated rings. The smallest absolute Gasteiger partial charge is 0.169 e. The van der Waals surface area contributed by atoms with Gasteiger partial charge in [0.05, 0.1) is 11.1 Å². The predicted molar refractivity (Wildman–Crippen MR) is 67.3 cm³/mol. The summed E-state index contributed by atoms with van der Waals surface area (Å²) in [7, 11) is 0. The normalized spacial score (nSPS) is 12.5. The van der Waals surface area contributed by atoms with Gasteiger partial charge in [-0.3, -0.25) is 0 Å². The van der Waals surface area contributed by atoms with E-state index in [1.807, 2.05) is 13.8 Å². The third kappa shape index (κ3) is 4.60. The molecule has 1 aromatic rings. The fourth-order valence-corrected chi connectivity index (χ4v) is 1.86. The molecular formula is C12H16BrF2NO. The molecule has 96 valence electrons. The van der Waals surface area contributed by atoms with Crippen molar-refractivity contribution in [1.29, 1.82) is 0 Å². The van der Waals surface area contributed by atoms with Gasteiger partial charge in [0.1, 0.15) is 5.82 Å². The molecule has 0 bridgehead atoms. The van der Waals surface area contributed by atoms with Crippen molar-refractivity contribution < 1.29 is 13.5 Å². The van der Waals surface area contributed by atoms with Crippen molar-refractivity contribution in [2.24, 2.45) is 5.92 Å². The Balaban J connectivity index is 2.57. The van der Waals surface area contributed by atoms with E-state index in [9.17, 15) is 8.78 Å². The van der Waals surface area contributed by atoms with Gasteiger partial charge in [-0.05, 0) is 28.5 Å². The molecule has 1 rings (SSSR count). The van der Waals surface area contributed by atoms with Crippen molar-refractivity contribution in [3.8, 4) is 5.75 Å². The maximum Gasteiger partial charge on any atom is 0.169 e. The van der Waals surface area contributed by atoms with E-state index < -0.39 is 11.6 Å². The molecule has 0 aromatic heterocycles. The SMILES string of the molecule is CCNCC(C)COc1c(F)cc(F)cc1Br. The maximum atomic E-state index is 13.4. The predicted octanol–water partition coefficient (Wildman–Crippen LogP) is 3.35. The molecular weight excluding hydrogens is 292 g/mol. The molecule has 1 atom stereocenters. The van der Waals surface area contributed by atoms with Gasteiger partial charge in [0.2, 0.25) is 0 Å². The second-order valence-corrected chi connectivity index (χ2v) is 4.78. The van der Waals surface area contributed by atoms with Crippen LogP contribution in [-0.4, -0.2) is 19.7 Å². The molecule has 0 spiro atoms. The van der Waals surface area contributed by atoms with Crippen LogP contribution >= 0.6 is 15.9 Å². The van der Waals surface area contributed by atoms with Gasteiger partial charge in [-0.1, -0.05) is 13.8 Å². The number of ether oxygens (including phenoxy) is 1. The lowest BCUT2D eigenvalue weighted by Gasteiger charge is -2.14. The highest BCUT2D eigenvalue weighted by Gasteiger charge is 2.12. The highest BCUT2D eigenvalue weighted by atomic mass is 79.9. The van der Waals surface area contributed by atoms with Gasteiger partial charge < -0.3 is 10.1 Å². The monoisotopic (exact) mass is 307 g/mol. The van der Waals surface area contributed by atoms with E-state index in [1.54, 1.807) is 0 Å². The first-order valence-corrected chi connectivity index (χ1v) is 6.32. The zero-order valence-electron chi connectivity index (χ0n) is 9.90. The summed E-state index contributed by atoms with van der Waals surface area (Å²) in [4.78, 5) is 0. The van der Waals surface area contributed by atoms with Crippen LogP contribution in [0.2, 0.25) is 0 Å². The second kappa shape index (κ2) is 6.91. The van der Waals surface area contributed by atoms with Crippen molar-refractivity contribution in [2.75, 3.05) is 19.7 Å². The highest BCUT2D eigenvalue weighted by Crippen LogP contribution is 2.29. The van der Waals surface area contributed by atoms with Crippen LogP contribution in [0.5, 0.6) is 5.75 Å². The summed E-state index contributed by atoms with van der Waals surface area (Å²) in [6, 6.07) is 2.00. The van der Waals surface area contributed by atoms with Gasteiger partial charge >= 0.3 is 0 Å². The molecule has 2 nitrogen and oxygen atoms in total. The number of hydrogen-bond donors (Lipinski definition) is 1. The Morgan fingerprint density at radius 2 is 2.12 bits per heavy atom. The largest absolute Gasteiger partial charge is 0.489 e. The topological polar surface area (TPSA) is 21.3 Å². The first-order chi connectivity index (χ1) is 8.04. The molecule has 0 radical (unpaired) electrons. The van der Waals surface area contributed by atoms with Crippen molar-refractivity contribution in [3.63, 3.8) is 0 Å². The Morgan fingerprint density at radius 1 is 1.41 bits per heavy atom. The van der Waals surface area contributed by atoms with E-state index in [-0.39, 0.29) is 11.7 Å². The lowest BCUT2D eigenvalue weighted by molar-refractivity contribution is 0.244. The molecule has 0 aliphatic rings. The quantitative estimate of drug-likeness (QED) is 0.870. The molecule has 0 amide bonds. The van der Waals surface area contributed by atoms with E-state index in [0.29, 0.717) is 11.1 Å². The van der Waals surface area contributed by atoms with Gasteiger partial charge in [-0.25, -0.2) is 8.78 Å². The minimum atomic E-state index is -0.687. The number of nitrogens with one attached hydrogen (secondary N) is 1. The number of hydrogen-bond acceptors (Lipinski definition) is 2. The van der Waals surface area contributed by atoms with Crippen LogP contribution < -0.4 is 10.1 Å². The van der Waals surface area contributed by atoms with Crippen molar-refractivity contribution in [2.45, 2.75) is 13.8 Å². The zero-order valence-corrected chi connectivity index (χ0v) is 11.5. The Hall–Kier alpha value is -0.680. The third-order valence-electron chi connectivity index (χ3n) is 2.22. The fourth-order valence-electron chi connectivity index (χ4n) is 1.34. The average Bonchev–Trinajstić information content (AvgIpc) is 2.24. The summed E-state index contributed by atoms with van der Waals surface area (Å²) in [5.74, 6) is -0.990. The molecule has 0 heterocycles. The molecule has 0 aliphatic carbocycles. The van der Waals surface area contributed by atoms with Crippen molar-refractivity contribution in [1.82, 2.24) is 5.32 Å². The van der Waals surface area contributed by atoms with Crippen LogP contribution in [0.15, 0.2) is 16.6 Å². The Bertz CT molecular complexity index is 351. The lowest BCUT2D eigenvalue weighted by Crippen LogP contribution is -2.24. The Morgan fingerprint density at radius 3 is 2.71 bits per heavy atom. The van der Waals surface area contributed by atoms with Crippen LogP contribution in [0.4, 0.5) is 8.78 Å². The van der Waals surface area contributed by atoms with Crippen molar-refractivity contribution in [3.05, 3.63) is 28.2 Å². The van der Waals surface area contributed by atoms with E-state index in [2.05, 4.69) is 21.2 Å². The summed E-state index contributed by atoms with van der Waals surface area (Å²) in [5, 5.41) is 3.18. The summed E-state index contributed by atoms with van der Waals surface area (Å²) >= 11 is 3.08. The van der Waals surface area contributed by atoms with Gasteiger partial charge in [0, 0.05) is 18.5 Å². The first kappa shape index (κ1) is 14.4. The molecule has 5 heteroatoms. The van der Waals surface area contributed by atoms with Crippen LogP contribution in [0.3, 0.4) is 0 Å². The second-order valence-electron chi connectivity index (χ2n) is 3.92. The minimum Gasteiger partial charge on any atom is -0.489 e. The van der Waals surface area contributed by atoms with E-state index in [0.717, 1.165) is 19.2 Å². The summed E-state index contributed by atoms with van der Waals surface area (Å²) in [5.41, 5.74) is 0. The number of halogens is 3. The standard InChI is InChI=1S/C12H16BrF2NO/c1-3-16-6-8(2)7-17-12-10(13)4-9(14)5-11(12)15/h4-5,8,16H,3,6-7H2,1-2H3. The lowest BCUT2D eigenvalue weighted by atomic mass is 10.2. The molecule has 0 aliphatic heterocycles. The summed E-state index contributed by atoms with van der Waals surface area (Å²) in [6.07, 6.45) is 0. The van der Waals surface area contributed by atoms with Crippen LogP contribution in [0, 0.1) is 17.6 Å². The molecule has 0 saturated carbocycles. The minimum absolute atomic E-state index is 0.0646. The third-order valence-corrected chi connectivity index (χ3v) is 2.81. The zero-order chi connectivity index (χ0) is 12.8. The Kier molecular flexibility index (Phi) is 5.85. The van der Waals surface area contributed by atoms with Gasteiger partial charge in [0.25, 0.3) is 0 Å². The summed E-state index contributed by atoms with van der Waals surface area (Å²) in [6.45, 7) is 6.09. The van der Waals surface area contributed by atoms with Crippen LogP contribution in [-0.2, 0) is 0 Å². The molecule has 17 heavy (non-hydrogen) atoms.